The van der Waals surface area contributed by atoms with Gasteiger partial charge in [-0.2, -0.15) is 13.2 Å². The number of hydrogen-bond acceptors (Lipinski definition) is 2. The van der Waals surface area contributed by atoms with Gasteiger partial charge in [-0.15, -0.1) is 0 Å². The third-order valence-corrected chi connectivity index (χ3v) is 3.35. The fraction of sp³-hybridized carbons (Fsp3) is 0.200. The van der Waals surface area contributed by atoms with Crippen LogP contribution >= 0.6 is 11.6 Å². The molecule has 0 fully saturated rings. The summed E-state index contributed by atoms with van der Waals surface area (Å²) < 4.78 is 50.4. The third-order valence-electron chi connectivity index (χ3n) is 3.13. The van der Waals surface area contributed by atoms with Gasteiger partial charge in [-0.3, -0.25) is 0 Å². The highest BCUT2D eigenvalue weighted by Gasteiger charge is 2.34. The Labute approximate surface area is 124 Å². The molecule has 2 aromatic carbocycles. The Bertz CT molecular complexity index is 683. The van der Waals surface area contributed by atoms with Gasteiger partial charge in [0.2, 0.25) is 0 Å². The van der Waals surface area contributed by atoms with E-state index in [1.54, 1.807) is 6.07 Å². The molecule has 0 radical (unpaired) electrons. The molecule has 1 heterocycles. The van der Waals surface area contributed by atoms with Crippen molar-refractivity contribution < 1.29 is 22.6 Å². The van der Waals surface area contributed by atoms with Gasteiger partial charge in [0.25, 0.3) is 0 Å². The maximum atomic E-state index is 13.2. The van der Waals surface area contributed by atoms with Crippen molar-refractivity contribution in [1.82, 2.24) is 0 Å². The fourth-order valence-corrected chi connectivity index (χ4v) is 2.49. The third kappa shape index (κ3) is 2.65. The number of alkyl halides is 3. The van der Waals surface area contributed by atoms with Crippen molar-refractivity contribution in [2.24, 2.45) is 0 Å². The van der Waals surface area contributed by atoms with Crippen LogP contribution in [0.4, 0.5) is 13.2 Å². The van der Waals surface area contributed by atoms with Crippen molar-refractivity contribution in [1.29, 1.82) is 0 Å². The summed E-state index contributed by atoms with van der Waals surface area (Å²) in [7, 11) is 0. The van der Waals surface area contributed by atoms with Crippen molar-refractivity contribution in [2.45, 2.75) is 6.18 Å². The molecule has 0 atom stereocenters. The van der Waals surface area contributed by atoms with Crippen molar-refractivity contribution in [3.63, 3.8) is 0 Å². The van der Waals surface area contributed by atoms with E-state index in [1.807, 2.05) is 0 Å². The summed E-state index contributed by atoms with van der Waals surface area (Å²) in [5.41, 5.74) is -0.428. The number of fused-ring (bicyclic) bond motifs is 1. The normalized spacial score (nSPS) is 14.1. The van der Waals surface area contributed by atoms with E-state index >= 15 is 0 Å². The maximum Gasteiger partial charge on any atom is 0.417 e. The predicted octanol–water partition coefficient (Wildman–Crippen LogP) is 4.80. The van der Waals surface area contributed by atoms with E-state index in [0.717, 1.165) is 6.07 Å². The Kier molecular flexibility index (Phi) is 3.45. The Morgan fingerprint density at radius 2 is 1.67 bits per heavy atom. The molecular weight excluding hydrogens is 305 g/mol. The fourth-order valence-electron chi connectivity index (χ4n) is 2.29. The second-order valence-electron chi connectivity index (χ2n) is 4.52. The maximum absolute atomic E-state index is 13.2. The minimum Gasteiger partial charge on any atom is -0.486 e. The molecule has 0 aromatic heterocycles. The molecule has 0 aliphatic carbocycles. The van der Waals surface area contributed by atoms with Gasteiger partial charge in [-0.25, -0.2) is 0 Å². The first-order valence-corrected chi connectivity index (χ1v) is 6.60. The molecule has 0 unspecified atom stereocenters. The predicted molar refractivity (Wildman–Crippen MR) is 72.9 cm³/mol. The van der Waals surface area contributed by atoms with E-state index in [9.17, 15) is 13.2 Å². The Balaban J connectivity index is 2.24. The first kappa shape index (κ1) is 14.1. The van der Waals surface area contributed by atoms with Gasteiger partial charge >= 0.3 is 6.18 Å². The molecule has 1 aliphatic rings. The lowest BCUT2D eigenvalue weighted by Crippen LogP contribution is -2.16. The molecule has 6 heteroatoms. The summed E-state index contributed by atoms with van der Waals surface area (Å²) in [6, 6.07) is 8.32. The average Bonchev–Trinajstić information content (AvgIpc) is 2.45. The number of halogens is 4. The summed E-state index contributed by atoms with van der Waals surface area (Å²) in [4.78, 5) is 0. The van der Waals surface area contributed by atoms with Crippen LogP contribution < -0.4 is 9.47 Å². The largest absolute Gasteiger partial charge is 0.486 e. The molecule has 0 N–H and O–H groups in total. The second kappa shape index (κ2) is 5.15. The highest BCUT2D eigenvalue weighted by atomic mass is 35.5. The highest BCUT2D eigenvalue weighted by Crippen LogP contribution is 2.46. The summed E-state index contributed by atoms with van der Waals surface area (Å²) in [6.45, 7) is 0.628. The van der Waals surface area contributed by atoms with Gasteiger partial charge in [-0.05, 0) is 17.7 Å². The van der Waals surface area contributed by atoms with E-state index < -0.39 is 11.7 Å². The first-order chi connectivity index (χ1) is 9.97. The average molecular weight is 315 g/mol. The van der Waals surface area contributed by atoms with Crippen LogP contribution in [0.5, 0.6) is 11.5 Å². The zero-order valence-corrected chi connectivity index (χ0v) is 11.5. The van der Waals surface area contributed by atoms with Crippen molar-refractivity contribution in [2.75, 3.05) is 13.2 Å². The zero-order chi connectivity index (χ0) is 15.0. The van der Waals surface area contributed by atoms with Crippen LogP contribution in [-0.2, 0) is 6.18 Å². The van der Waals surface area contributed by atoms with Gasteiger partial charge in [0, 0.05) is 16.7 Å². The molecular formula is C15H10ClF3O2. The summed E-state index contributed by atoms with van der Waals surface area (Å²) in [5.74, 6) is 0.656. The van der Waals surface area contributed by atoms with E-state index in [1.165, 1.54) is 24.3 Å². The molecule has 0 saturated heterocycles. The second-order valence-corrected chi connectivity index (χ2v) is 4.96. The van der Waals surface area contributed by atoms with Crippen molar-refractivity contribution in [3.05, 3.63) is 47.0 Å². The van der Waals surface area contributed by atoms with Crippen LogP contribution in [0.15, 0.2) is 36.4 Å². The van der Waals surface area contributed by atoms with Crippen LogP contribution in [-0.4, -0.2) is 13.2 Å². The lowest BCUT2D eigenvalue weighted by Gasteiger charge is -2.23. The zero-order valence-electron chi connectivity index (χ0n) is 10.7. The lowest BCUT2D eigenvalue weighted by molar-refractivity contribution is -0.137. The molecule has 2 aromatic rings. The Morgan fingerprint density at radius 1 is 0.952 bits per heavy atom. The standard InChI is InChI=1S/C15H10ClF3O2/c16-9-7-11(14-13(8-9)20-5-6-21-14)10-3-1-2-4-12(10)15(17,18)19/h1-4,7-8H,5-6H2. The number of rotatable bonds is 1. The molecule has 0 bridgehead atoms. The topological polar surface area (TPSA) is 18.5 Å². The Hall–Kier alpha value is -1.88. The summed E-state index contributed by atoms with van der Waals surface area (Å²) >= 11 is 5.98. The van der Waals surface area contributed by atoms with E-state index in [2.05, 4.69) is 0 Å². The van der Waals surface area contributed by atoms with Crippen LogP contribution in [0.3, 0.4) is 0 Å². The first-order valence-electron chi connectivity index (χ1n) is 6.22. The Morgan fingerprint density at radius 3 is 2.43 bits per heavy atom. The van der Waals surface area contributed by atoms with Crippen molar-refractivity contribution >= 4 is 11.6 Å². The number of ether oxygens (including phenoxy) is 2. The van der Waals surface area contributed by atoms with E-state index in [0.29, 0.717) is 23.1 Å². The summed E-state index contributed by atoms with van der Waals surface area (Å²) in [6.07, 6.45) is -4.46. The monoisotopic (exact) mass is 314 g/mol. The molecule has 21 heavy (non-hydrogen) atoms. The molecule has 0 saturated carbocycles. The van der Waals surface area contributed by atoms with E-state index in [-0.39, 0.29) is 17.7 Å². The van der Waals surface area contributed by atoms with Gasteiger partial charge in [0.15, 0.2) is 11.5 Å². The lowest BCUT2D eigenvalue weighted by atomic mass is 9.98. The van der Waals surface area contributed by atoms with E-state index in [4.69, 9.17) is 21.1 Å². The molecule has 110 valence electrons. The molecule has 1 aliphatic heterocycles. The molecule has 0 spiro atoms. The molecule has 0 amide bonds. The minimum atomic E-state index is -4.46. The smallest absolute Gasteiger partial charge is 0.417 e. The highest BCUT2D eigenvalue weighted by molar-refractivity contribution is 6.31. The van der Waals surface area contributed by atoms with Gasteiger partial charge in [0.1, 0.15) is 13.2 Å². The summed E-state index contributed by atoms with van der Waals surface area (Å²) in [5, 5.41) is 0.297. The van der Waals surface area contributed by atoms with Crippen LogP contribution in [0.25, 0.3) is 11.1 Å². The van der Waals surface area contributed by atoms with Crippen LogP contribution in [0.1, 0.15) is 5.56 Å². The van der Waals surface area contributed by atoms with Gasteiger partial charge < -0.3 is 9.47 Å². The van der Waals surface area contributed by atoms with Crippen molar-refractivity contribution in [3.8, 4) is 22.6 Å². The minimum absolute atomic E-state index is 0.0225. The van der Waals surface area contributed by atoms with Crippen LogP contribution in [0.2, 0.25) is 5.02 Å². The molecule has 3 rings (SSSR count). The quantitative estimate of drug-likeness (QED) is 0.753. The number of hydrogen-bond donors (Lipinski definition) is 0. The SMILES string of the molecule is FC(F)(F)c1ccccc1-c1cc(Cl)cc2c1OCCO2. The van der Waals surface area contributed by atoms with Crippen LogP contribution in [0, 0.1) is 0 Å². The van der Waals surface area contributed by atoms with Gasteiger partial charge in [-0.1, -0.05) is 29.8 Å². The van der Waals surface area contributed by atoms with Gasteiger partial charge in [0.05, 0.1) is 5.56 Å². The molecule has 2 nitrogen and oxygen atoms in total. The number of benzene rings is 2.